The number of sulfone groups is 1. The zero-order valence-corrected chi connectivity index (χ0v) is 27.0. The number of nitrogens with two attached hydrogens (primary N) is 1. The van der Waals surface area contributed by atoms with Crippen LogP contribution >= 0.6 is 11.3 Å². The Labute approximate surface area is 274 Å². The second kappa shape index (κ2) is 11.3. The Morgan fingerprint density at radius 3 is 2.73 bits per heavy atom. The minimum atomic E-state index is -5.16. The van der Waals surface area contributed by atoms with E-state index < -0.39 is 67.6 Å². The summed E-state index contributed by atoms with van der Waals surface area (Å²) in [6, 6.07) is 3.22. The Bertz CT molecular complexity index is 2140. The molecular weight excluding hydrogens is 683 g/mol. The van der Waals surface area contributed by atoms with Crippen molar-refractivity contribution < 1.29 is 39.5 Å². The van der Waals surface area contributed by atoms with Crippen LogP contribution in [0, 0.1) is 23.0 Å². The van der Waals surface area contributed by atoms with Gasteiger partial charge in [-0.05, 0) is 43.5 Å². The fraction of sp³-hybridized carbons (Fsp3) is 0.452. The van der Waals surface area contributed by atoms with Crippen molar-refractivity contribution in [3.05, 3.63) is 41.0 Å². The molecule has 3 atom stereocenters. The Balaban J connectivity index is 1.46. The first-order chi connectivity index (χ1) is 22.6. The number of fused-ring (bicyclic) bond motifs is 3. The van der Waals surface area contributed by atoms with Crippen molar-refractivity contribution in [1.29, 1.82) is 5.26 Å². The zero-order valence-electron chi connectivity index (χ0n) is 25.4. The monoisotopic (exact) mass is 710 g/mol. The topological polar surface area (TPSA) is 125 Å². The molecule has 0 unspecified atom stereocenters. The van der Waals surface area contributed by atoms with Gasteiger partial charge in [0.25, 0.3) is 0 Å². The number of alkyl halides is 4. The van der Waals surface area contributed by atoms with Crippen LogP contribution in [0.25, 0.3) is 32.1 Å². The summed E-state index contributed by atoms with van der Waals surface area (Å²) in [6.45, 7) is 0.829. The van der Waals surface area contributed by atoms with E-state index in [0.29, 0.717) is 30.4 Å². The number of halogens is 6. The van der Waals surface area contributed by atoms with Crippen molar-refractivity contribution in [2.75, 3.05) is 48.9 Å². The van der Waals surface area contributed by atoms with E-state index in [9.17, 15) is 35.6 Å². The van der Waals surface area contributed by atoms with Crippen LogP contribution in [-0.2, 0) is 16.0 Å². The smallest absolute Gasteiger partial charge is 0.417 e. The van der Waals surface area contributed by atoms with Gasteiger partial charge in [-0.25, -0.2) is 21.6 Å². The lowest BCUT2D eigenvalue weighted by Crippen LogP contribution is -2.43. The van der Waals surface area contributed by atoms with Crippen LogP contribution in [0.1, 0.15) is 36.8 Å². The molecule has 3 aliphatic rings. The number of nitrogens with zero attached hydrogens (tertiary/aromatic N) is 5. The molecule has 0 spiro atoms. The number of rotatable bonds is 6. The van der Waals surface area contributed by atoms with Gasteiger partial charge in [-0.15, -0.1) is 11.3 Å². The predicted octanol–water partition coefficient (Wildman–Crippen LogP) is 5.84. The first-order valence-electron chi connectivity index (χ1n) is 15.1. The molecular formula is C31H28F6N6O3S2. The Kier molecular flexibility index (Phi) is 7.72. The standard InChI is InChI=1S/C31H28F6N6O3S2/c1-42(16-5-8-48(44,45)13-16)28-18-9-20(31(35,36)37)23(17-3-4-21(33)26-22(17)19(11-38)27(39)47-26)24(34)25(18)40-29(41-28)46-14-30-6-2-7-43(30)12-15(32)10-30/h3-4,9,15-16H,2,5-8,10,12-14,39H2,1H3/t15-,16+,30+/m1/s1. The summed E-state index contributed by atoms with van der Waals surface area (Å²) in [7, 11) is -1.98. The normalized spacial score (nSPS) is 24.0. The third kappa shape index (κ3) is 5.28. The number of hydrogen-bond acceptors (Lipinski definition) is 10. The second-order valence-corrected chi connectivity index (χ2v) is 15.9. The molecule has 0 saturated carbocycles. The maximum Gasteiger partial charge on any atom is 0.417 e. The van der Waals surface area contributed by atoms with Crippen LogP contribution in [0.3, 0.4) is 0 Å². The average Bonchev–Trinajstić information content (AvgIpc) is 3.76. The third-order valence-electron chi connectivity index (χ3n) is 9.72. The lowest BCUT2D eigenvalue weighted by atomic mass is 9.92. The molecule has 0 aliphatic carbocycles. The number of benzene rings is 2. The summed E-state index contributed by atoms with van der Waals surface area (Å²) in [5, 5.41) is 8.98. The van der Waals surface area contributed by atoms with Gasteiger partial charge < -0.3 is 15.4 Å². The zero-order chi connectivity index (χ0) is 34.3. The minimum absolute atomic E-state index is 0.0622. The summed E-state index contributed by atoms with van der Waals surface area (Å²) in [4.78, 5) is 12.0. The fourth-order valence-corrected chi connectivity index (χ4v) is 10.1. The first-order valence-corrected chi connectivity index (χ1v) is 17.7. The first kappa shape index (κ1) is 32.7. The van der Waals surface area contributed by atoms with Crippen molar-refractivity contribution in [3.8, 4) is 23.2 Å². The highest BCUT2D eigenvalue weighted by Gasteiger charge is 2.49. The lowest BCUT2D eigenvalue weighted by molar-refractivity contribution is -0.137. The van der Waals surface area contributed by atoms with Crippen LogP contribution in [0.2, 0.25) is 0 Å². The Hall–Kier alpha value is -3.88. The summed E-state index contributed by atoms with van der Waals surface area (Å²) < 4.78 is 121. The van der Waals surface area contributed by atoms with Crippen molar-refractivity contribution in [2.24, 2.45) is 0 Å². The number of nitrogen functional groups attached to an aromatic ring is 1. The molecule has 254 valence electrons. The maximum absolute atomic E-state index is 16.9. The molecule has 3 aliphatic heterocycles. The van der Waals surface area contributed by atoms with Crippen molar-refractivity contribution in [1.82, 2.24) is 14.9 Å². The minimum Gasteiger partial charge on any atom is -0.461 e. The van der Waals surface area contributed by atoms with Crippen molar-refractivity contribution >= 4 is 53.0 Å². The molecule has 0 bridgehead atoms. The van der Waals surface area contributed by atoms with Gasteiger partial charge in [0.1, 0.15) is 41.0 Å². The van der Waals surface area contributed by atoms with Gasteiger partial charge in [0.2, 0.25) is 0 Å². The summed E-state index contributed by atoms with van der Waals surface area (Å²) in [5.74, 6) is -2.91. The van der Waals surface area contributed by atoms with E-state index in [1.165, 1.54) is 11.9 Å². The molecule has 2 aromatic heterocycles. The van der Waals surface area contributed by atoms with Crippen molar-refractivity contribution in [3.63, 3.8) is 0 Å². The van der Waals surface area contributed by atoms with Crippen LogP contribution in [0.5, 0.6) is 6.01 Å². The van der Waals surface area contributed by atoms with E-state index in [1.807, 2.05) is 4.90 Å². The quantitative estimate of drug-likeness (QED) is 0.246. The SMILES string of the molecule is CN(c1nc(OC[C@@]23CCCN2C[C@H](F)C3)nc2c(F)c(-c3ccc(F)c4sc(N)c(C#N)c34)c(C(F)(F)F)cc12)[C@H]1CCS(=O)(=O)C1. The summed E-state index contributed by atoms with van der Waals surface area (Å²) in [5.41, 5.74) is 1.56. The Morgan fingerprint density at radius 2 is 2.04 bits per heavy atom. The molecule has 5 heterocycles. The van der Waals surface area contributed by atoms with E-state index in [-0.39, 0.29) is 75.4 Å². The molecule has 2 aromatic carbocycles. The van der Waals surface area contributed by atoms with Crippen LogP contribution < -0.4 is 15.4 Å². The lowest BCUT2D eigenvalue weighted by Gasteiger charge is -2.31. The molecule has 48 heavy (non-hydrogen) atoms. The number of ether oxygens (including phenoxy) is 1. The molecule has 4 aromatic rings. The van der Waals surface area contributed by atoms with Crippen molar-refractivity contribution in [2.45, 2.75) is 49.6 Å². The molecule has 3 saturated heterocycles. The molecule has 0 radical (unpaired) electrons. The van der Waals surface area contributed by atoms with E-state index in [0.717, 1.165) is 18.6 Å². The van der Waals surface area contributed by atoms with Gasteiger partial charge in [0.05, 0.1) is 32.9 Å². The third-order valence-corrected chi connectivity index (χ3v) is 12.5. The number of thiophene rings is 1. The summed E-state index contributed by atoms with van der Waals surface area (Å²) in [6.07, 6.45) is -4.43. The van der Waals surface area contributed by atoms with E-state index in [4.69, 9.17) is 10.5 Å². The van der Waals surface area contributed by atoms with Crippen LogP contribution in [0.4, 0.5) is 37.2 Å². The number of anilines is 2. The predicted molar refractivity (Wildman–Crippen MR) is 168 cm³/mol. The van der Waals surface area contributed by atoms with Gasteiger partial charge in [-0.1, -0.05) is 6.07 Å². The van der Waals surface area contributed by atoms with Crippen LogP contribution in [-0.4, -0.2) is 79.3 Å². The molecule has 17 heteroatoms. The Morgan fingerprint density at radius 1 is 1.27 bits per heavy atom. The van der Waals surface area contributed by atoms with Gasteiger partial charge in [0, 0.05) is 42.4 Å². The number of aromatic nitrogens is 2. The molecule has 3 fully saturated rings. The van der Waals surface area contributed by atoms with Gasteiger partial charge >= 0.3 is 12.2 Å². The number of hydrogen-bond donors (Lipinski definition) is 1. The second-order valence-electron chi connectivity index (χ2n) is 12.6. The molecule has 9 nitrogen and oxygen atoms in total. The summed E-state index contributed by atoms with van der Waals surface area (Å²) >= 11 is 0.655. The maximum atomic E-state index is 16.9. The molecule has 7 rings (SSSR count). The highest BCUT2D eigenvalue weighted by molar-refractivity contribution is 7.91. The van der Waals surface area contributed by atoms with E-state index in [1.54, 1.807) is 6.07 Å². The highest BCUT2D eigenvalue weighted by atomic mass is 32.2. The average molecular weight is 711 g/mol. The van der Waals surface area contributed by atoms with Crippen LogP contribution in [0.15, 0.2) is 18.2 Å². The largest absolute Gasteiger partial charge is 0.461 e. The fourth-order valence-electron chi connectivity index (χ4n) is 7.42. The van der Waals surface area contributed by atoms with Gasteiger partial charge in [-0.2, -0.15) is 28.4 Å². The van der Waals surface area contributed by atoms with E-state index >= 15 is 4.39 Å². The van der Waals surface area contributed by atoms with E-state index in [2.05, 4.69) is 9.97 Å². The molecule has 2 N–H and O–H groups in total. The van der Waals surface area contributed by atoms with Gasteiger partial charge in [-0.3, -0.25) is 4.90 Å². The molecule has 0 amide bonds. The highest BCUT2D eigenvalue weighted by Crippen LogP contribution is 2.48. The number of nitriles is 1. The van der Waals surface area contributed by atoms with Gasteiger partial charge in [0.15, 0.2) is 15.7 Å².